The van der Waals surface area contributed by atoms with Crippen LogP contribution < -0.4 is 15.8 Å². The predicted octanol–water partition coefficient (Wildman–Crippen LogP) is 2.73. The summed E-state index contributed by atoms with van der Waals surface area (Å²) < 4.78 is 10.9. The number of nitriles is 1. The van der Waals surface area contributed by atoms with Gasteiger partial charge in [-0.2, -0.15) is 5.26 Å². The number of hydrogen-bond donors (Lipinski definition) is 2. The summed E-state index contributed by atoms with van der Waals surface area (Å²) in [4.78, 5) is 16.9. The van der Waals surface area contributed by atoms with Gasteiger partial charge in [0.05, 0.1) is 31.0 Å². The SMILES string of the molecule is COCc1ncc(C)c2c1[C@H](c1ccc(C#N)cc1OC)C(C(N)=O)=C(C)N2. The van der Waals surface area contributed by atoms with Crippen LogP contribution in [0.2, 0.25) is 0 Å². The minimum atomic E-state index is -0.531. The Bertz CT molecular complexity index is 1020. The highest BCUT2D eigenvalue weighted by Gasteiger charge is 2.36. The fourth-order valence-electron chi connectivity index (χ4n) is 3.67. The van der Waals surface area contributed by atoms with E-state index >= 15 is 0 Å². The third-order valence-corrected chi connectivity index (χ3v) is 4.90. The highest BCUT2D eigenvalue weighted by atomic mass is 16.5. The fraction of sp³-hybridized carbons (Fsp3) is 0.286. The highest BCUT2D eigenvalue weighted by molar-refractivity contribution is 5.98. The van der Waals surface area contributed by atoms with E-state index in [0.29, 0.717) is 28.3 Å². The molecule has 7 nitrogen and oxygen atoms in total. The normalized spacial score (nSPS) is 15.5. The Labute approximate surface area is 163 Å². The Morgan fingerprint density at radius 3 is 2.71 bits per heavy atom. The Morgan fingerprint density at radius 1 is 1.36 bits per heavy atom. The number of aryl methyl sites for hydroxylation is 1. The van der Waals surface area contributed by atoms with Crippen LogP contribution in [0.3, 0.4) is 0 Å². The number of aromatic nitrogens is 1. The molecule has 0 saturated carbocycles. The number of benzene rings is 1. The maximum atomic E-state index is 12.4. The van der Waals surface area contributed by atoms with Crippen molar-refractivity contribution in [2.45, 2.75) is 26.4 Å². The summed E-state index contributed by atoms with van der Waals surface area (Å²) in [5.74, 6) is -0.515. The zero-order chi connectivity index (χ0) is 20.4. The Kier molecular flexibility index (Phi) is 5.34. The Hall–Kier alpha value is -3.37. The number of rotatable bonds is 5. The van der Waals surface area contributed by atoms with Crippen molar-refractivity contribution < 1.29 is 14.3 Å². The van der Waals surface area contributed by atoms with Crippen LogP contribution in [0, 0.1) is 18.3 Å². The first-order valence-corrected chi connectivity index (χ1v) is 8.75. The molecule has 144 valence electrons. The summed E-state index contributed by atoms with van der Waals surface area (Å²) in [6.07, 6.45) is 1.77. The van der Waals surface area contributed by atoms with Gasteiger partial charge in [0.15, 0.2) is 0 Å². The molecule has 1 amide bonds. The number of nitrogens with two attached hydrogens (primary N) is 1. The van der Waals surface area contributed by atoms with Crippen LogP contribution in [0.4, 0.5) is 5.69 Å². The van der Waals surface area contributed by atoms with E-state index in [1.54, 1.807) is 31.5 Å². The Balaban J connectivity index is 2.37. The second-order valence-corrected chi connectivity index (χ2v) is 6.64. The van der Waals surface area contributed by atoms with Crippen LogP contribution in [0.5, 0.6) is 5.75 Å². The number of pyridine rings is 1. The van der Waals surface area contributed by atoms with Crippen LogP contribution >= 0.6 is 0 Å². The summed E-state index contributed by atoms with van der Waals surface area (Å²) in [6, 6.07) is 7.26. The number of nitrogens with zero attached hydrogens (tertiary/aromatic N) is 2. The standard InChI is InChI=1S/C21H22N4O3/c1-11-9-24-15(10-27-3)19-18(17(21(23)26)12(2)25-20(11)19)14-6-5-13(8-22)7-16(14)28-4/h5-7,9,18,25H,10H2,1-4H3,(H2,23,26)/t18-/m1/s1. The molecule has 0 fully saturated rings. The molecule has 3 rings (SSSR count). The van der Waals surface area contributed by atoms with Gasteiger partial charge in [-0.1, -0.05) is 6.07 Å². The van der Waals surface area contributed by atoms with Gasteiger partial charge in [-0.05, 0) is 31.5 Å². The van der Waals surface area contributed by atoms with Crippen LogP contribution in [0.25, 0.3) is 0 Å². The molecule has 2 aromatic rings. The molecular weight excluding hydrogens is 356 g/mol. The van der Waals surface area contributed by atoms with Gasteiger partial charge >= 0.3 is 0 Å². The van der Waals surface area contributed by atoms with Crippen LogP contribution in [-0.4, -0.2) is 25.1 Å². The maximum absolute atomic E-state index is 12.4. The van der Waals surface area contributed by atoms with Crippen molar-refractivity contribution in [3.05, 3.63) is 63.6 Å². The second kappa shape index (κ2) is 7.71. The van der Waals surface area contributed by atoms with E-state index in [1.165, 1.54) is 7.11 Å². The number of carbonyl (C=O) groups is 1. The maximum Gasteiger partial charge on any atom is 0.247 e. The molecule has 0 saturated heterocycles. The van der Waals surface area contributed by atoms with Crippen molar-refractivity contribution in [1.82, 2.24) is 4.98 Å². The van der Waals surface area contributed by atoms with Crippen LogP contribution in [0.15, 0.2) is 35.7 Å². The molecule has 1 atom stereocenters. The number of ether oxygens (including phenoxy) is 2. The van der Waals surface area contributed by atoms with Crippen LogP contribution in [-0.2, 0) is 16.1 Å². The number of nitrogens with one attached hydrogen (secondary N) is 1. The monoisotopic (exact) mass is 378 g/mol. The molecule has 1 aromatic carbocycles. The summed E-state index contributed by atoms with van der Waals surface area (Å²) in [5.41, 5.74) is 11.4. The molecule has 0 bridgehead atoms. The lowest BCUT2D eigenvalue weighted by atomic mass is 9.78. The van der Waals surface area contributed by atoms with E-state index in [-0.39, 0.29) is 6.61 Å². The van der Waals surface area contributed by atoms with E-state index < -0.39 is 11.8 Å². The topological polar surface area (TPSA) is 110 Å². The van der Waals surface area contributed by atoms with Crippen LogP contribution in [0.1, 0.15) is 40.8 Å². The average molecular weight is 378 g/mol. The third kappa shape index (κ3) is 3.19. The lowest BCUT2D eigenvalue weighted by Gasteiger charge is -2.32. The van der Waals surface area contributed by atoms with Gasteiger partial charge in [0, 0.05) is 47.3 Å². The first kappa shape index (κ1) is 19.4. The third-order valence-electron chi connectivity index (χ3n) is 4.90. The number of amides is 1. The van der Waals surface area contributed by atoms with Gasteiger partial charge in [0.1, 0.15) is 5.75 Å². The number of hydrogen-bond acceptors (Lipinski definition) is 6. The smallest absolute Gasteiger partial charge is 0.247 e. The lowest BCUT2D eigenvalue weighted by molar-refractivity contribution is -0.114. The van der Waals surface area contributed by atoms with E-state index in [9.17, 15) is 10.1 Å². The largest absolute Gasteiger partial charge is 0.496 e. The van der Waals surface area contributed by atoms with Gasteiger partial charge in [-0.3, -0.25) is 9.78 Å². The summed E-state index contributed by atoms with van der Waals surface area (Å²) in [5, 5.41) is 12.5. The van der Waals surface area contributed by atoms with Gasteiger partial charge in [0.25, 0.3) is 0 Å². The molecule has 3 N–H and O–H groups in total. The molecule has 1 aliphatic heterocycles. The molecular formula is C21H22N4O3. The van der Waals surface area contributed by atoms with Gasteiger partial charge in [-0.25, -0.2) is 0 Å². The van der Waals surface area contributed by atoms with Gasteiger partial charge in [-0.15, -0.1) is 0 Å². The van der Waals surface area contributed by atoms with E-state index in [2.05, 4.69) is 16.4 Å². The van der Waals surface area contributed by atoms with Crippen molar-refractivity contribution in [2.75, 3.05) is 19.5 Å². The molecule has 7 heteroatoms. The number of carbonyl (C=O) groups excluding carboxylic acids is 1. The van der Waals surface area contributed by atoms with E-state index in [1.807, 2.05) is 13.8 Å². The molecule has 28 heavy (non-hydrogen) atoms. The molecule has 0 aliphatic carbocycles. The molecule has 1 aromatic heterocycles. The van der Waals surface area contributed by atoms with Crippen molar-refractivity contribution in [1.29, 1.82) is 5.26 Å². The summed E-state index contributed by atoms with van der Waals surface area (Å²) in [6.45, 7) is 4.05. The number of anilines is 1. The minimum absolute atomic E-state index is 0.282. The van der Waals surface area contributed by atoms with Crippen molar-refractivity contribution in [2.24, 2.45) is 5.73 Å². The highest BCUT2D eigenvalue weighted by Crippen LogP contribution is 2.46. The summed E-state index contributed by atoms with van der Waals surface area (Å²) >= 11 is 0. The summed E-state index contributed by atoms with van der Waals surface area (Å²) in [7, 11) is 3.13. The lowest BCUT2D eigenvalue weighted by Crippen LogP contribution is -2.29. The van der Waals surface area contributed by atoms with Crippen molar-refractivity contribution in [3.8, 4) is 11.8 Å². The fourth-order valence-corrected chi connectivity index (χ4v) is 3.67. The van der Waals surface area contributed by atoms with E-state index in [0.717, 1.165) is 22.4 Å². The number of methoxy groups -OCH3 is 2. The van der Waals surface area contributed by atoms with Gasteiger partial charge in [0.2, 0.25) is 5.91 Å². The van der Waals surface area contributed by atoms with E-state index in [4.69, 9.17) is 15.2 Å². The number of fused-ring (bicyclic) bond motifs is 1. The molecule has 2 heterocycles. The number of allylic oxidation sites excluding steroid dienone is 1. The first-order chi connectivity index (χ1) is 13.4. The Morgan fingerprint density at radius 2 is 2.11 bits per heavy atom. The van der Waals surface area contributed by atoms with Crippen molar-refractivity contribution in [3.63, 3.8) is 0 Å². The average Bonchev–Trinajstić information content (AvgIpc) is 2.68. The molecule has 0 radical (unpaired) electrons. The molecule has 0 unspecified atom stereocenters. The zero-order valence-corrected chi connectivity index (χ0v) is 16.3. The predicted molar refractivity (Wildman–Crippen MR) is 105 cm³/mol. The van der Waals surface area contributed by atoms with Gasteiger partial charge < -0.3 is 20.5 Å². The molecule has 0 spiro atoms. The number of primary amides is 1. The minimum Gasteiger partial charge on any atom is -0.496 e. The van der Waals surface area contributed by atoms with Crippen molar-refractivity contribution >= 4 is 11.6 Å². The first-order valence-electron chi connectivity index (χ1n) is 8.75. The zero-order valence-electron chi connectivity index (χ0n) is 16.3. The quantitative estimate of drug-likeness (QED) is 0.828. The molecule has 1 aliphatic rings. The second-order valence-electron chi connectivity index (χ2n) is 6.64.